The number of hydrogen-bond donors (Lipinski definition) is 0. The predicted octanol–water partition coefficient (Wildman–Crippen LogP) is 2.01. The van der Waals surface area contributed by atoms with Crippen molar-refractivity contribution in [1.29, 1.82) is 0 Å². The van der Waals surface area contributed by atoms with E-state index in [1.807, 2.05) is 0 Å². The van der Waals surface area contributed by atoms with E-state index >= 15 is 0 Å². The Morgan fingerprint density at radius 3 is 2.29 bits per heavy atom. The molecule has 1 aromatic carbocycles. The summed E-state index contributed by atoms with van der Waals surface area (Å²) in [6.45, 7) is 1.46. The summed E-state index contributed by atoms with van der Waals surface area (Å²) in [5, 5.41) is -1.49. The van der Waals surface area contributed by atoms with E-state index in [0.29, 0.717) is 5.75 Å². The molecule has 0 heterocycles. The summed E-state index contributed by atoms with van der Waals surface area (Å²) in [6, 6.07) is 6.01. The Kier molecular flexibility index (Phi) is 4.54. The van der Waals surface area contributed by atoms with Crippen LogP contribution in [0.15, 0.2) is 29.2 Å². The molecule has 17 heavy (non-hydrogen) atoms. The highest BCUT2D eigenvalue weighted by atomic mass is 35.5. The van der Waals surface area contributed by atoms with Crippen LogP contribution in [0.2, 0.25) is 0 Å². The van der Waals surface area contributed by atoms with E-state index in [2.05, 4.69) is 0 Å². The largest absolute Gasteiger partial charge is 0.497 e. The standard InChI is InChI=1S/C11H13ClO4S/c1-8(7-11(12)13)17(14,15)10-5-3-9(16-2)4-6-10/h3-6,8H,7H2,1-2H3. The number of carbonyl (C=O) groups is 1. The third kappa shape index (κ3) is 3.44. The van der Waals surface area contributed by atoms with E-state index in [4.69, 9.17) is 16.3 Å². The maximum absolute atomic E-state index is 12.0. The topological polar surface area (TPSA) is 60.4 Å². The number of sulfone groups is 1. The van der Waals surface area contributed by atoms with E-state index in [1.54, 1.807) is 12.1 Å². The van der Waals surface area contributed by atoms with Crippen molar-refractivity contribution in [2.24, 2.45) is 0 Å². The van der Waals surface area contributed by atoms with E-state index in [9.17, 15) is 13.2 Å². The summed E-state index contributed by atoms with van der Waals surface area (Å²) in [5.41, 5.74) is 0. The molecule has 0 saturated heterocycles. The van der Waals surface area contributed by atoms with Crippen molar-refractivity contribution in [1.82, 2.24) is 0 Å². The molecule has 94 valence electrons. The van der Waals surface area contributed by atoms with Gasteiger partial charge in [-0.25, -0.2) is 8.42 Å². The maximum atomic E-state index is 12.0. The fourth-order valence-electron chi connectivity index (χ4n) is 1.33. The zero-order valence-corrected chi connectivity index (χ0v) is 11.1. The molecule has 0 amide bonds. The molecule has 1 unspecified atom stereocenters. The molecule has 0 aliphatic rings. The summed E-state index contributed by atoms with van der Waals surface area (Å²) in [5.74, 6) is 0.574. The summed E-state index contributed by atoms with van der Waals surface area (Å²) < 4.78 is 29.0. The number of hydrogen-bond acceptors (Lipinski definition) is 4. The zero-order valence-electron chi connectivity index (χ0n) is 9.51. The number of ether oxygens (including phenoxy) is 1. The summed E-state index contributed by atoms with van der Waals surface area (Å²) in [7, 11) is -2.02. The van der Waals surface area contributed by atoms with Gasteiger partial charge >= 0.3 is 0 Å². The molecule has 0 aliphatic carbocycles. The van der Waals surface area contributed by atoms with Gasteiger partial charge < -0.3 is 4.74 Å². The number of carbonyl (C=O) groups excluding carboxylic acids is 1. The Balaban J connectivity index is 3.00. The minimum atomic E-state index is -3.52. The Bertz CT molecular complexity index is 493. The van der Waals surface area contributed by atoms with Gasteiger partial charge in [-0.1, -0.05) is 0 Å². The van der Waals surface area contributed by atoms with Crippen LogP contribution in [0.25, 0.3) is 0 Å². The third-order valence-corrected chi connectivity index (χ3v) is 4.68. The fraction of sp³-hybridized carbons (Fsp3) is 0.364. The Labute approximate surface area is 105 Å². The first-order valence-corrected chi connectivity index (χ1v) is 6.86. The van der Waals surface area contributed by atoms with Gasteiger partial charge in [-0.15, -0.1) is 0 Å². The number of methoxy groups -OCH3 is 1. The second-order valence-electron chi connectivity index (χ2n) is 3.59. The van der Waals surface area contributed by atoms with Gasteiger partial charge in [0.25, 0.3) is 0 Å². The summed E-state index contributed by atoms with van der Waals surface area (Å²) in [4.78, 5) is 10.9. The maximum Gasteiger partial charge on any atom is 0.222 e. The van der Waals surface area contributed by atoms with Crippen LogP contribution in [0, 0.1) is 0 Å². The summed E-state index contributed by atoms with van der Waals surface area (Å²) >= 11 is 5.19. The van der Waals surface area contributed by atoms with E-state index < -0.39 is 20.3 Å². The normalized spacial score (nSPS) is 13.1. The first-order valence-electron chi connectivity index (χ1n) is 4.94. The van der Waals surface area contributed by atoms with Gasteiger partial charge in [-0.2, -0.15) is 0 Å². The monoisotopic (exact) mass is 276 g/mol. The molecule has 0 bridgehead atoms. The highest BCUT2D eigenvalue weighted by Gasteiger charge is 2.24. The average molecular weight is 277 g/mol. The number of halogens is 1. The molecule has 0 radical (unpaired) electrons. The molecule has 0 aliphatic heterocycles. The van der Waals surface area contributed by atoms with Crippen LogP contribution in [-0.4, -0.2) is 26.0 Å². The summed E-state index contributed by atoms with van der Waals surface area (Å²) in [6.07, 6.45) is -0.198. The predicted molar refractivity (Wildman–Crippen MR) is 65.1 cm³/mol. The van der Waals surface area contributed by atoms with Crippen molar-refractivity contribution in [2.45, 2.75) is 23.5 Å². The van der Waals surface area contributed by atoms with Crippen molar-refractivity contribution in [3.8, 4) is 5.75 Å². The van der Waals surface area contributed by atoms with Crippen LogP contribution < -0.4 is 4.74 Å². The van der Waals surface area contributed by atoms with Gasteiger partial charge in [0.15, 0.2) is 9.84 Å². The molecular formula is C11H13ClO4S. The van der Waals surface area contributed by atoms with Crippen LogP contribution in [-0.2, 0) is 14.6 Å². The van der Waals surface area contributed by atoms with Crippen molar-refractivity contribution in [2.75, 3.05) is 7.11 Å². The van der Waals surface area contributed by atoms with Gasteiger partial charge in [0.2, 0.25) is 5.24 Å². The Morgan fingerprint density at radius 1 is 1.35 bits per heavy atom. The van der Waals surface area contributed by atoms with Gasteiger partial charge in [-0.05, 0) is 42.8 Å². The van der Waals surface area contributed by atoms with E-state index in [1.165, 1.54) is 26.2 Å². The molecule has 0 spiro atoms. The first-order chi connectivity index (χ1) is 7.87. The van der Waals surface area contributed by atoms with Crippen molar-refractivity contribution in [3.63, 3.8) is 0 Å². The first kappa shape index (κ1) is 14.0. The SMILES string of the molecule is COc1ccc(S(=O)(=O)C(C)CC(=O)Cl)cc1. The van der Waals surface area contributed by atoms with Crippen molar-refractivity contribution in [3.05, 3.63) is 24.3 Å². The zero-order chi connectivity index (χ0) is 13.1. The van der Waals surface area contributed by atoms with Gasteiger partial charge in [0.1, 0.15) is 5.75 Å². The highest BCUT2D eigenvalue weighted by molar-refractivity contribution is 7.92. The van der Waals surface area contributed by atoms with Crippen LogP contribution in [0.5, 0.6) is 5.75 Å². The number of benzene rings is 1. The minimum Gasteiger partial charge on any atom is -0.497 e. The lowest BCUT2D eigenvalue weighted by Crippen LogP contribution is -2.20. The van der Waals surface area contributed by atoms with Gasteiger partial charge in [0, 0.05) is 6.42 Å². The lowest BCUT2D eigenvalue weighted by molar-refractivity contribution is -0.111. The molecule has 0 fully saturated rings. The molecular weight excluding hydrogens is 264 g/mol. The molecule has 6 heteroatoms. The molecule has 1 aromatic rings. The second kappa shape index (κ2) is 5.51. The molecule has 1 rings (SSSR count). The smallest absolute Gasteiger partial charge is 0.222 e. The lowest BCUT2D eigenvalue weighted by Gasteiger charge is -2.11. The van der Waals surface area contributed by atoms with E-state index in [-0.39, 0.29) is 11.3 Å². The fourth-order valence-corrected chi connectivity index (χ4v) is 3.01. The highest BCUT2D eigenvalue weighted by Crippen LogP contribution is 2.21. The lowest BCUT2D eigenvalue weighted by atomic mass is 10.3. The Morgan fingerprint density at radius 2 is 1.88 bits per heavy atom. The van der Waals surface area contributed by atoms with Crippen LogP contribution in [0.3, 0.4) is 0 Å². The molecule has 0 saturated carbocycles. The molecule has 0 aromatic heterocycles. The van der Waals surface area contributed by atoms with Crippen LogP contribution in [0.4, 0.5) is 0 Å². The minimum absolute atomic E-state index is 0.156. The quantitative estimate of drug-likeness (QED) is 0.772. The van der Waals surface area contributed by atoms with Crippen LogP contribution >= 0.6 is 11.6 Å². The van der Waals surface area contributed by atoms with Crippen LogP contribution in [0.1, 0.15) is 13.3 Å². The number of rotatable bonds is 5. The molecule has 0 N–H and O–H groups in total. The van der Waals surface area contributed by atoms with E-state index in [0.717, 1.165) is 0 Å². The molecule has 4 nitrogen and oxygen atoms in total. The second-order valence-corrected chi connectivity index (χ2v) is 6.38. The van der Waals surface area contributed by atoms with Gasteiger partial charge in [-0.3, -0.25) is 4.79 Å². The van der Waals surface area contributed by atoms with Gasteiger partial charge in [0.05, 0.1) is 17.3 Å². The average Bonchev–Trinajstić information content (AvgIpc) is 2.28. The Hall–Kier alpha value is -1.07. The third-order valence-electron chi connectivity index (χ3n) is 2.37. The van der Waals surface area contributed by atoms with Crippen molar-refractivity contribution >= 4 is 26.7 Å². The molecule has 1 atom stereocenters. The van der Waals surface area contributed by atoms with Crippen molar-refractivity contribution < 1.29 is 17.9 Å².